The Bertz CT molecular complexity index is 326. The fourth-order valence-corrected chi connectivity index (χ4v) is 1.59. The van der Waals surface area contributed by atoms with Crippen LogP contribution in [0, 0.1) is 0 Å². The van der Waals surface area contributed by atoms with Crippen LogP contribution in [-0.4, -0.2) is 17.8 Å². The Hall–Kier alpha value is -0.640. The van der Waals surface area contributed by atoms with E-state index >= 15 is 0 Å². The highest BCUT2D eigenvalue weighted by atomic mass is 35.5. The molecule has 0 aliphatic heterocycles. The van der Waals surface area contributed by atoms with Gasteiger partial charge in [0.15, 0.2) is 0 Å². The van der Waals surface area contributed by atoms with E-state index in [1.165, 1.54) is 0 Å². The number of hydrogen-bond acceptors (Lipinski definition) is 2. The maximum atomic E-state index is 5.78. The normalized spacial score (nSPS) is 12.2. The van der Waals surface area contributed by atoms with Gasteiger partial charge < -0.3 is 10.1 Å². The van der Waals surface area contributed by atoms with E-state index in [9.17, 15) is 0 Å². The minimum atomic E-state index is -0.0711. The summed E-state index contributed by atoms with van der Waals surface area (Å²) in [6.45, 7) is 4.53. The number of nitrogens with one attached hydrogen (secondary N) is 1. The maximum absolute atomic E-state index is 5.78. The van der Waals surface area contributed by atoms with Crippen LogP contribution in [-0.2, 0) is 4.74 Å². The number of halogens is 1. The molecule has 1 aromatic rings. The van der Waals surface area contributed by atoms with Crippen LogP contribution in [0.5, 0.6) is 0 Å². The molecular weight excluding hydrogens is 230 g/mol. The van der Waals surface area contributed by atoms with E-state index in [-0.39, 0.29) is 6.23 Å². The molecule has 0 bridgehead atoms. The minimum Gasteiger partial charge on any atom is -0.359 e. The second kappa shape index (κ2) is 6.05. The average molecular weight is 244 g/mol. The van der Waals surface area contributed by atoms with Crippen LogP contribution in [0.3, 0.4) is 0 Å². The molecule has 0 saturated carbocycles. The molecule has 15 heavy (non-hydrogen) atoms. The van der Waals surface area contributed by atoms with E-state index in [0.29, 0.717) is 16.6 Å². The molecule has 2 nitrogen and oxygen atoms in total. The first-order chi connectivity index (χ1) is 7.13. The summed E-state index contributed by atoms with van der Waals surface area (Å²) >= 11 is 11.0. The highest BCUT2D eigenvalue weighted by molar-refractivity contribution is 7.80. The summed E-state index contributed by atoms with van der Waals surface area (Å²) < 4.78 is 5.33. The SMILES string of the molecule is CCOC(C)NC(=S)c1ccc(Cl)cc1. The molecule has 82 valence electrons. The third-order valence-electron chi connectivity index (χ3n) is 1.86. The van der Waals surface area contributed by atoms with Gasteiger partial charge in [-0.15, -0.1) is 0 Å². The zero-order valence-corrected chi connectivity index (χ0v) is 10.4. The number of ether oxygens (including phenoxy) is 1. The standard InChI is InChI=1S/C11H14ClNOS/c1-3-14-8(2)13-11(15)9-4-6-10(12)7-5-9/h4-8H,3H2,1-2H3,(H,13,15). The number of hydrogen-bond donors (Lipinski definition) is 1. The predicted molar refractivity (Wildman–Crippen MR) is 67.4 cm³/mol. The first-order valence-electron chi connectivity index (χ1n) is 4.81. The minimum absolute atomic E-state index is 0.0711. The summed E-state index contributed by atoms with van der Waals surface area (Å²) in [7, 11) is 0. The second-order valence-corrected chi connectivity index (χ2v) is 3.92. The molecule has 1 N–H and O–H groups in total. The molecule has 0 amide bonds. The third-order valence-corrected chi connectivity index (χ3v) is 2.46. The molecule has 1 atom stereocenters. The van der Waals surface area contributed by atoms with Crippen LogP contribution >= 0.6 is 23.8 Å². The van der Waals surface area contributed by atoms with E-state index in [1.807, 2.05) is 38.1 Å². The van der Waals surface area contributed by atoms with Crippen molar-refractivity contribution in [1.29, 1.82) is 0 Å². The lowest BCUT2D eigenvalue weighted by Crippen LogP contribution is -2.33. The van der Waals surface area contributed by atoms with Gasteiger partial charge in [-0.05, 0) is 26.0 Å². The smallest absolute Gasteiger partial charge is 0.125 e. The maximum Gasteiger partial charge on any atom is 0.125 e. The lowest BCUT2D eigenvalue weighted by Gasteiger charge is -2.15. The van der Waals surface area contributed by atoms with Gasteiger partial charge in [-0.2, -0.15) is 0 Å². The van der Waals surface area contributed by atoms with Crippen molar-refractivity contribution in [3.05, 3.63) is 34.9 Å². The first kappa shape index (κ1) is 12.4. The number of benzene rings is 1. The molecule has 1 aromatic carbocycles. The molecule has 0 fully saturated rings. The van der Waals surface area contributed by atoms with Crippen LogP contribution in [0.2, 0.25) is 5.02 Å². The van der Waals surface area contributed by atoms with Crippen molar-refractivity contribution < 1.29 is 4.74 Å². The molecule has 0 saturated heterocycles. The summed E-state index contributed by atoms with van der Waals surface area (Å²) in [5.74, 6) is 0. The molecule has 0 aliphatic carbocycles. The van der Waals surface area contributed by atoms with Crippen LogP contribution < -0.4 is 5.32 Å². The molecular formula is C11H14ClNOS. The van der Waals surface area contributed by atoms with Gasteiger partial charge in [0.1, 0.15) is 11.2 Å². The summed E-state index contributed by atoms with van der Waals surface area (Å²) in [5.41, 5.74) is 0.945. The Morgan fingerprint density at radius 2 is 2.07 bits per heavy atom. The van der Waals surface area contributed by atoms with Gasteiger partial charge in [0, 0.05) is 17.2 Å². The summed E-state index contributed by atoms with van der Waals surface area (Å²) in [5, 5.41) is 3.79. The molecule has 0 aromatic heterocycles. The third kappa shape index (κ3) is 4.16. The van der Waals surface area contributed by atoms with Crippen LogP contribution in [0.15, 0.2) is 24.3 Å². The van der Waals surface area contributed by atoms with Crippen LogP contribution in [0.25, 0.3) is 0 Å². The monoisotopic (exact) mass is 243 g/mol. The lowest BCUT2D eigenvalue weighted by atomic mass is 10.2. The number of thiocarbonyl (C=S) groups is 1. The Balaban J connectivity index is 2.57. The van der Waals surface area contributed by atoms with Crippen molar-refractivity contribution in [3.63, 3.8) is 0 Å². The average Bonchev–Trinajstić information content (AvgIpc) is 2.18. The molecule has 0 spiro atoms. The van der Waals surface area contributed by atoms with Gasteiger partial charge in [0.05, 0.1) is 0 Å². The zero-order chi connectivity index (χ0) is 11.3. The summed E-state index contributed by atoms with van der Waals surface area (Å²) in [6, 6.07) is 7.40. The Morgan fingerprint density at radius 1 is 1.47 bits per heavy atom. The molecule has 4 heteroatoms. The van der Waals surface area contributed by atoms with Crippen LogP contribution in [0.4, 0.5) is 0 Å². The van der Waals surface area contributed by atoms with Crippen molar-refractivity contribution in [3.8, 4) is 0 Å². The second-order valence-electron chi connectivity index (χ2n) is 3.08. The van der Waals surface area contributed by atoms with Crippen molar-refractivity contribution in [2.45, 2.75) is 20.1 Å². The highest BCUT2D eigenvalue weighted by Crippen LogP contribution is 2.10. The lowest BCUT2D eigenvalue weighted by molar-refractivity contribution is 0.0669. The largest absolute Gasteiger partial charge is 0.359 e. The van der Waals surface area contributed by atoms with Gasteiger partial charge in [0.2, 0.25) is 0 Å². The van der Waals surface area contributed by atoms with Crippen LogP contribution in [0.1, 0.15) is 19.4 Å². The van der Waals surface area contributed by atoms with Gasteiger partial charge >= 0.3 is 0 Å². The van der Waals surface area contributed by atoms with Gasteiger partial charge in [-0.25, -0.2) is 0 Å². The van der Waals surface area contributed by atoms with Crippen molar-refractivity contribution in [2.75, 3.05) is 6.61 Å². The van der Waals surface area contributed by atoms with E-state index < -0.39 is 0 Å². The Morgan fingerprint density at radius 3 is 2.60 bits per heavy atom. The van der Waals surface area contributed by atoms with E-state index in [1.54, 1.807) is 0 Å². The fraction of sp³-hybridized carbons (Fsp3) is 0.364. The highest BCUT2D eigenvalue weighted by Gasteiger charge is 2.05. The predicted octanol–water partition coefficient (Wildman–Crippen LogP) is 2.99. The van der Waals surface area contributed by atoms with E-state index in [4.69, 9.17) is 28.6 Å². The molecule has 0 heterocycles. The molecule has 0 radical (unpaired) electrons. The van der Waals surface area contributed by atoms with Crippen molar-refractivity contribution in [1.82, 2.24) is 5.32 Å². The van der Waals surface area contributed by atoms with Gasteiger partial charge in [-0.3, -0.25) is 0 Å². The molecule has 0 aliphatic rings. The topological polar surface area (TPSA) is 21.3 Å². The van der Waals surface area contributed by atoms with Gasteiger partial charge in [-0.1, -0.05) is 36.0 Å². The van der Waals surface area contributed by atoms with E-state index in [0.717, 1.165) is 5.56 Å². The Labute approximate surface area is 101 Å². The summed E-state index contributed by atoms with van der Waals surface area (Å²) in [4.78, 5) is 0.674. The van der Waals surface area contributed by atoms with E-state index in [2.05, 4.69) is 5.32 Å². The molecule has 1 unspecified atom stereocenters. The van der Waals surface area contributed by atoms with Gasteiger partial charge in [0.25, 0.3) is 0 Å². The fourth-order valence-electron chi connectivity index (χ4n) is 1.16. The van der Waals surface area contributed by atoms with Crippen molar-refractivity contribution >= 4 is 28.8 Å². The first-order valence-corrected chi connectivity index (χ1v) is 5.60. The Kier molecular flexibility index (Phi) is 5.02. The van der Waals surface area contributed by atoms with Crippen molar-refractivity contribution in [2.24, 2.45) is 0 Å². The summed E-state index contributed by atoms with van der Waals surface area (Å²) in [6.07, 6.45) is -0.0711. The molecule has 1 rings (SSSR count). The number of rotatable bonds is 4. The quantitative estimate of drug-likeness (QED) is 0.649. The zero-order valence-electron chi connectivity index (χ0n) is 8.79.